The highest BCUT2D eigenvalue weighted by Gasteiger charge is 2.48. The number of nitrogens with zero attached hydrogens (tertiary/aromatic N) is 5. The number of nitrogens with two attached hydrogens (primary N) is 1. The van der Waals surface area contributed by atoms with Gasteiger partial charge in [-0.25, -0.2) is 9.67 Å². The van der Waals surface area contributed by atoms with Gasteiger partial charge in [0, 0.05) is 17.6 Å². The van der Waals surface area contributed by atoms with Crippen molar-refractivity contribution < 1.29 is 9.32 Å². The second kappa shape index (κ2) is 7.89. The zero-order valence-corrected chi connectivity index (χ0v) is 19.7. The van der Waals surface area contributed by atoms with Crippen molar-refractivity contribution in [1.29, 1.82) is 0 Å². The minimum atomic E-state index is -0.199. The number of amides is 1. The third-order valence-electron chi connectivity index (χ3n) is 6.81. The molecule has 9 nitrogen and oxygen atoms in total. The van der Waals surface area contributed by atoms with Crippen LogP contribution in [-0.4, -0.2) is 44.5 Å². The molecule has 2 aromatic heterocycles. The maximum absolute atomic E-state index is 13.2. The molecule has 11 heteroatoms. The van der Waals surface area contributed by atoms with E-state index in [1.54, 1.807) is 29.2 Å². The second-order valence-corrected chi connectivity index (χ2v) is 9.67. The number of piperidine rings is 1. The molecule has 0 spiro atoms. The van der Waals surface area contributed by atoms with Crippen LogP contribution in [0.4, 0.5) is 11.5 Å². The third-order valence-corrected chi connectivity index (χ3v) is 7.34. The standard InChI is InChI=1S/C23H21Cl2N7O2/c1-11-27-10-32(29-11)14-3-4-15(17(25)8-14)23(33)28-20-12-2-5-18(20)31(9-12)19-7-13(24)6-16-21(19)34-30-22(16)26/h3-4,6-8,10,12,18,20H,2,5,9H2,1H3,(H2,26,30)(H,28,33). The number of fused-ring (bicyclic) bond motifs is 3. The molecular weight excluding hydrogens is 477 g/mol. The Morgan fingerprint density at radius 1 is 1.24 bits per heavy atom. The van der Waals surface area contributed by atoms with Gasteiger partial charge < -0.3 is 20.5 Å². The van der Waals surface area contributed by atoms with Gasteiger partial charge in [0.25, 0.3) is 5.91 Å². The molecule has 4 aromatic rings. The van der Waals surface area contributed by atoms with Gasteiger partial charge >= 0.3 is 0 Å². The van der Waals surface area contributed by atoms with E-state index in [2.05, 4.69) is 25.5 Å². The van der Waals surface area contributed by atoms with Gasteiger partial charge in [0.15, 0.2) is 11.4 Å². The Labute approximate surface area is 204 Å². The van der Waals surface area contributed by atoms with E-state index >= 15 is 0 Å². The van der Waals surface area contributed by atoms with E-state index in [1.165, 1.54) is 0 Å². The van der Waals surface area contributed by atoms with Crippen LogP contribution in [0.2, 0.25) is 10.0 Å². The zero-order chi connectivity index (χ0) is 23.6. The van der Waals surface area contributed by atoms with Crippen LogP contribution in [-0.2, 0) is 0 Å². The van der Waals surface area contributed by atoms with Crippen LogP contribution in [0.15, 0.2) is 41.2 Å². The Morgan fingerprint density at radius 3 is 2.85 bits per heavy atom. The predicted molar refractivity (Wildman–Crippen MR) is 130 cm³/mol. The van der Waals surface area contributed by atoms with Crippen molar-refractivity contribution >= 4 is 51.6 Å². The lowest BCUT2D eigenvalue weighted by molar-refractivity contribution is 0.0932. The average molecular weight is 498 g/mol. The van der Waals surface area contributed by atoms with Crippen molar-refractivity contribution in [3.8, 4) is 5.69 Å². The van der Waals surface area contributed by atoms with Crippen LogP contribution in [0.1, 0.15) is 29.0 Å². The summed E-state index contributed by atoms with van der Waals surface area (Å²) in [5, 5.41) is 13.0. The minimum absolute atomic E-state index is 0.0180. The molecule has 1 saturated heterocycles. The number of carbonyl (C=O) groups is 1. The average Bonchev–Trinajstić information content (AvgIpc) is 3.58. The summed E-state index contributed by atoms with van der Waals surface area (Å²) >= 11 is 12.8. The number of rotatable bonds is 4. The molecule has 1 amide bonds. The van der Waals surface area contributed by atoms with E-state index in [-0.39, 0.29) is 18.0 Å². The number of nitrogens with one attached hydrogen (secondary N) is 1. The first-order chi connectivity index (χ1) is 16.4. The Bertz CT molecular complexity index is 1430. The number of anilines is 2. The van der Waals surface area contributed by atoms with Gasteiger partial charge in [-0.2, -0.15) is 5.10 Å². The van der Waals surface area contributed by atoms with Gasteiger partial charge in [-0.1, -0.05) is 28.4 Å². The first kappa shape index (κ1) is 21.2. The number of aryl methyl sites for hydroxylation is 1. The fraction of sp³-hybridized carbons (Fsp3) is 0.304. The van der Waals surface area contributed by atoms with Gasteiger partial charge in [-0.3, -0.25) is 4.79 Å². The van der Waals surface area contributed by atoms with E-state index in [0.29, 0.717) is 44.1 Å². The molecule has 1 aliphatic carbocycles. The van der Waals surface area contributed by atoms with Crippen LogP contribution in [0.25, 0.3) is 16.7 Å². The predicted octanol–water partition coefficient (Wildman–Crippen LogP) is 4.00. The van der Waals surface area contributed by atoms with Gasteiger partial charge in [0.05, 0.1) is 33.4 Å². The normalized spacial score (nSPS) is 21.5. The first-order valence-corrected chi connectivity index (χ1v) is 11.7. The molecule has 34 heavy (non-hydrogen) atoms. The number of nitrogen functional groups attached to an aromatic ring is 1. The van der Waals surface area contributed by atoms with Crippen molar-refractivity contribution in [2.45, 2.75) is 31.8 Å². The van der Waals surface area contributed by atoms with Gasteiger partial charge in [-0.15, -0.1) is 0 Å². The molecule has 2 aromatic carbocycles. The van der Waals surface area contributed by atoms with Crippen molar-refractivity contribution in [3.63, 3.8) is 0 Å². The number of hydrogen-bond donors (Lipinski definition) is 2. The van der Waals surface area contributed by atoms with E-state index in [9.17, 15) is 4.79 Å². The number of halogens is 2. The highest BCUT2D eigenvalue weighted by Crippen LogP contribution is 2.44. The largest absolute Gasteiger partial charge is 0.380 e. The van der Waals surface area contributed by atoms with Crippen LogP contribution in [0, 0.1) is 12.8 Å². The summed E-state index contributed by atoms with van der Waals surface area (Å²) in [5.41, 5.74) is 8.58. The number of carbonyl (C=O) groups excluding carboxylic acids is 1. The Hall–Kier alpha value is -3.30. The molecule has 2 bridgehead atoms. The summed E-state index contributed by atoms with van der Waals surface area (Å²) in [6.07, 6.45) is 3.60. The van der Waals surface area contributed by atoms with Gasteiger partial charge in [0.2, 0.25) is 0 Å². The maximum Gasteiger partial charge on any atom is 0.253 e. The first-order valence-electron chi connectivity index (χ1n) is 11.0. The fourth-order valence-corrected chi connectivity index (χ4v) is 5.72. The van der Waals surface area contributed by atoms with E-state index in [0.717, 1.165) is 30.8 Å². The second-order valence-electron chi connectivity index (χ2n) is 8.83. The van der Waals surface area contributed by atoms with E-state index in [4.69, 9.17) is 33.5 Å². The molecule has 3 N–H and O–H groups in total. The summed E-state index contributed by atoms with van der Waals surface area (Å²) in [4.78, 5) is 19.6. The Balaban J connectivity index is 1.25. The highest BCUT2D eigenvalue weighted by atomic mass is 35.5. The molecule has 3 heterocycles. The summed E-state index contributed by atoms with van der Waals surface area (Å²) in [5.74, 6) is 1.07. The molecule has 1 saturated carbocycles. The summed E-state index contributed by atoms with van der Waals surface area (Å²) < 4.78 is 7.14. The molecule has 0 radical (unpaired) electrons. The summed E-state index contributed by atoms with van der Waals surface area (Å²) in [6, 6.07) is 8.96. The topological polar surface area (TPSA) is 115 Å². The third kappa shape index (κ3) is 3.38. The van der Waals surface area contributed by atoms with Crippen LogP contribution in [0.3, 0.4) is 0 Å². The lowest BCUT2D eigenvalue weighted by Gasteiger charge is -2.29. The van der Waals surface area contributed by atoms with Crippen molar-refractivity contribution in [1.82, 2.24) is 25.2 Å². The van der Waals surface area contributed by atoms with Crippen LogP contribution >= 0.6 is 23.2 Å². The fourth-order valence-electron chi connectivity index (χ4n) is 5.24. The van der Waals surface area contributed by atoms with Gasteiger partial charge in [0.1, 0.15) is 12.2 Å². The maximum atomic E-state index is 13.2. The smallest absolute Gasteiger partial charge is 0.253 e. The highest BCUT2D eigenvalue weighted by molar-refractivity contribution is 6.34. The Morgan fingerprint density at radius 2 is 2.09 bits per heavy atom. The van der Waals surface area contributed by atoms with Crippen LogP contribution in [0.5, 0.6) is 0 Å². The molecule has 6 rings (SSSR count). The Kier molecular flexibility index (Phi) is 4.93. The lowest BCUT2D eigenvalue weighted by Crippen LogP contribution is -2.43. The SMILES string of the molecule is Cc1ncn(-c2ccc(C(=O)NC3C4CCC3N(c3cc(Cl)cc5c(N)noc35)C4)c(Cl)c2)n1. The molecule has 3 unspecified atom stereocenters. The monoisotopic (exact) mass is 497 g/mol. The molecule has 1 aliphatic heterocycles. The van der Waals surface area contributed by atoms with E-state index in [1.807, 2.05) is 19.1 Å². The zero-order valence-electron chi connectivity index (χ0n) is 18.2. The quantitative estimate of drug-likeness (QED) is 0.437. The minimum Gasteiger partial charge on any atom is -0.380 e. The van der Waals surface area contributed by atoms with Gasteiger partial charge in [-0.05, 0) is 56.0 Å². The molecule has 3 atom stereocenters. The molecule has 2 fully saturated rings. The number of benzene rings is 2. The van der Waals surface area contributed by atoms with Crippen molar-refractivity contribution in [2.75, 3.05) is 17.2 Å². The number of aromatic nitrogens is 4. The lowest BCUT2D eigenvalue weighted by atomic mass is 10.1. The van der Waals surface area contributed by atoms with E-state index < -0.39 is 0 Å². The number of hydrogen-bond acceptors (Lipinski definition) is 7. The van der Waals surface area contributed by atoms with Crippen molar-refractivity contribution in [2.24, 2.45) is 5.92 Å². The molecule has 174 valence electrons. The molecule has 2 aliphatic rings. The summed E-state index contributed by atoms with van der Waals surface area (Å²) in [6.45, 7) is 2.59. The summed E-state index contributed by atoms with van der Waals surface area (Å²) in [7, 11) is 0. The van der Waals surface area contributed by atoms with Crippen LogP contribution < -0.4 is 16.0 Å². The molecular formula is C23H21Cl2N7O2. The van der Waals surface area contributed by atoms with Crippen molar-refractivity contribution in [3.05, 3.63) is 58.1 Å².